The maximum atomic E-state index is 11.4. The van der Waals surface area contributed by atoms with Crippen molar-refractivity contribution < 1.29 is 9.90 Å². The van der Waals surface area contributed by atoms with Crippen molar-refractivity contribution in [3.63, 3.8) is 0 Å². The van der Waals surface area contributed by atoms with Gasteiger partial charge >= 0.3 is 5.97 Å². The summed E-state index contributed by atoms with van der Waals surface area (Å²) in [5.41, 5.74) is 0.440. The van der Waals surface area contributed by atoms with Crippen molar-refractivity contribution in [1.29, 1.82) is 0 Å². The zero-order valence-electron chi connectivity index (χ0n) is 10.3. The average molecular weight is 243 g/mol. The molecule has 2 N–H and O–H groups in total. The Morgan fingerprint density at radius 3 is 2.78 bits per heavy atom. The van der Waals surface area contributed by atoms with Crippen LogP contribution in [0.1, 0.15) is 24.8 Å². The van der Waals surface area contributed by atoms with E-state index in [1.54, 1.807) is 0 Å². The molecule has 1 aromatic rings. The third-order valence-electron chi connectivity index (χ3n) is 4.32. The molecule has 3 heteroatoms. The number of carbonyl (C=O) groups is 1. The lowest BCUT2D eigenvalue weighted by atomic mass is 9.86. The highest BCUT2D eigenvalue weighted by atomic mass is 16.4. The number of fused-ring (bicyclic) bond motifs is 2. The van der Waals surface area contributed by atoms with Crippen molar-refractivity contribution in [2.75, 3.05) is 0 Å². The predicted octanol–water partition coefficient (Wildman–Crippen LogP) is 2.16. The van der Waals surface area contributed by atoms with Crippen LogP contribution in [0.2, 0.25) is 0 Å². The lowest BCUT2D eigenvalue weighted by Crippen LogP contribution is -2.50. The molecule has 1 aromatic carbocycles. The molecular weight excluding hydrogens is 226 g/mol. The van der Waals surface area contributed by atoms with Crippen LogP contribution in [0, 0.1) is 5.92 Å². The first-order chi connectivity index (χ1) is 8.62. The molecule has 1 fully saturated rings. The second kappa shape index (κ2) is 3.95. The molecule has 0 amide bonds. The Hall–Kier alpha value is -1.61. The molecule has 0 saturated carbocycles. The van der Waals surface area contributed by atoms with Crippen molar-refractivity contribution in [3.8, 4) is 0 Å². The quantitative estimate of drug-likeness (QED) is 0.800. The monoisotopic (exact) mass is 243 g/mol. The zero-order valence-corrected chi connectivity index (χ0v) is 10.3. The number of carboxylic acid groups (broad SMARTS) is 1. The Morgan fingerprint density at radius 1 is 1.44 bits per heavy atom. The van der Waals surface area contributed by atoms with Gasteiger partial charge in [-0.15, -0.1) is 0 Å². The van der Waals surface area contributed by atoms with Crippen LogP contribution >= 0.6 is 0 Å². The van der Waals surface area contributed by atoms with Crippen LogP contribution in [0.25, 0.3) is 0 Å². The number of aliphatic carboxylic acids is 1. The summed E-state index contributed by atoms with van der Waals surface area (Å²) in [5.74, 6) is -0.109. The number of hydrogen-bond acceptors (Lipinski definition) is 2. The summed E-state index contributed by atoms with van der Waals surface area (Å²) < 4.78 is 0. The maximum absolute atomic E-state index is 11.4. The second-order valence-electron chi connectivity index (χ2n) is 5.37. The summed E-state index contributed by atoms with van der Waals surface area (Å²) in [6, 6.07) is 10.5. The Kier molecular flexibility index (Phi) is 2.52. The second-order valence-corrected chi connectivity index (χ2v) is 5.37. The molecular formula is C15H17NO2. The van der Waals surface area contributed by atoms with E-state index in [0.717, 1.165) is 0 Å². The largest absolute Gasteiger partial charge is 0.480 e. The van der Waals surface area contributed by atoms with Crippen molar-refractivity contribution >= 4 is 5.97 Å². The van der Waals surface area contributed by atoms with Gasteiger partial charge in [0.05, 0.1) is 0 Å². The molecule has 0 radical (unpaired) electrons. The standard InChI is InChI=1S/C15H17NO2/c1-10(11-5-3-2-4-6-11)13-12-7-8-15(9-12,16-13)14(17)18/h2-8,10,12-13,16H,9H2,1H3,(H,17,18)/t10-,12+,13?,15-/m1/s1. The molecule has 2 aliphatic rings. The topological polar surface area (TPSA) is 49.3 Å². The third-order valence-corrected chi connectivity index (χ3v) is 4.32. The van der Waals surface area contributed by atoms with E-state index in [-0.39, 0.29) is 6.04 Å². The first-order valence-corrected chi connectivity index (χ1v) is 6.38. The normalized spacial score (nSPS) is 34.7. The van der Waals surface area contributed by atoms with Crippen molar-refractivity contribution in [1.82, 2.24) is 5.32 Å². The maximum Gasteiger partial charge on any atom is 0.327 e. The van der Waals surface area contributed by atoms with Crippen molar-refractivity contribution in [2.45, 2.75) is 30.8 Å². The lowest BCUT2D eigenvalue weighted by Gasteiger charge is -2.29. The van der Waals surface area contributed by atoms with Crippen LogP contribution < -0.4 is 5.32 Å². The highest BCUT2D eigenvalue weighted by Crippen LogP contribution is 2.42. The summed E-state index contributed by atoms with van der Waals surface area (Å²) in [6.45, 7) is 2.16. The molecule has 1 heterocycles. The predicted molar refractivity (Wildman–Crippen MR) is 69.4 cm³/mol. The van der Waals surface area contributed by atoms with Crippen LogP contribution in [0.4, 0.5) is 0 Å². The van der Waals surface area contributed by atoms with Crippen LogP contribution in [0.15, 0.2) is 42.5 Å². The molecule has 18 heavy (non-hydrogen) atoms. The van der Waals surface area contributed by atoms with E-state index in [0.29, 0.717) is 18.3 Å². The van der Waals surface area contributed by atoms with Gasteiger partial charge in [-0.1, -0.05) is 49.4 Å². The van der Waals surface area contributed by atoms with Crippen LogP contribution in [0.3, 0.4) is 0 Å². The SMILES string of the molecule is C[C@H](c1ccccc1)C1N[C@]2(C(=O)O)C=C[C@H]1C2. The Balaban J connectivity index is 1.85. The molecule has 3 rings (SSSR count). The van der Waals surface area contributed by atoms with Crippen molar-refractivity contribution in [2.24, 2.45) is 5.92 Å². The molecule has 94 valence electrons. The molecule has 1 saturated heterocycles. The van der Waals surface area contributed by atoms with Gasteiger partial charge in [-0.2, -0.15) is 0 Å². The van der Waals surface area contributed by atoms with Gasteiger partial charge < -0.3 is 5.11 Å². The van der Waals surface area contributed by atoms with E-state index in [9.17, 15) is 9.90 Å². The summed E-state index contributed by atoms with van der Waals surface area (Å²) in [5, 5.41) is 12.7. The fourth-order valence-electron chi connectivity index (χ4n) is 3.23. The number of benzene rings is 1. The Morgan fingerprint density at radius 2 is 2.17 bits per heavy atom. The minimum absolute atomic E-state index is 0.216. The lowest BCUT2D eigenvalue weighted by molar-refractivity contribution is -0.142. The minimum Gasteiger partial charge on any atom is -0.480 e. The van der Waals surface area contributed by atoms with Gasteiger partial charge in [0.25, 0.3) is 0 Å². The van der Waals surface area contributed by atoms with Gasteiger partial charge in [0.15, 0.2) is 0 Å². The van der Waals surface area contributed by atoms with E-state index in [1.807, 2.05) is 24.3 Å². The van der Waals surface area contributed by atoms with Gasteiger partial charge in [-0.25, -0.2) is 4.79 Å². The molecule has 3 nitrogen and oxygen atoms in total. The highest BCUT2D eigenvalue weighted by Gasteiger charge is 2.52. The van der Waals surface area contributed by atoms with Crippen molar-refractivity contribution in [3.05, 3.63) is 48.0 Å². The van der Waals surface area contributed by atoms with Crippen LogP contribution in [-0.2, 0) is 4.79 Å². The first kappa shape index (κ1) is 11.5. The molecule has 1 aliphatic carbocycles. The van der Waals surface area contributed by atoms with Gasteiger partial charge in [0.1, 0.15) is 5.54 Å². The number of carboxylic acids is 1. The zero-order chi connectivity index (χ0) is 12.8. The summed E-state index contributed by atoms with van der Waals surface area (Å²) >= 11 is 0. The summed E-state index contributed by atoms with van der Waals surface area (Å²) in [6.07, 6.45) is 4.56. The van der Waals surface area contributed by atoms with Gasteiger partial charge in [0, 0.05) is 6.04 Å². The summed E-state index contributed by atoms with van der Waals surface area (Å²) in [7, 11) is 0. The van der Waals surface area contributed by atoms with Gasteiger partial charge in [-0.05, 0) is 23.8 Å². The van der Waals surface area contributed by atoms with Crippen LogP contribution in [-0.4, -0.2) is 22.7 Å². The summed E-state index contributed by atoms with van der Waals surface area (Å²) in [4.78, 5) is 11.4. The highest BCUT2D eigenvalue weighted by molar-refractivity contribution is 5.83. The van der Waals surface area contributed by atoms with Gasteiger partial charge in [-0.3, -0.25) is 5.32 Å². The minimum atomic E-state index is -0.821. The molecule has 1 unspecified atom stereocenters. The number of hydrogen-bond donors (Lipinski definition) is 2. The van der Waals surface area contributed by atoms with E-state index < -0.39 is 11.5 Å². The first-order valence-electron chi connectivity index (χ1n) is 6.38. The molecule has 4 atom stereocenters. The number of nitrogens with one attached hydrogen (secondary N) is 1. The third kappa shape index (κ3) is 1.58. The Labute approximate surface area is 107 Å². The van der Waals surface area contributed by atoms with Gasteiger partial charge in [0.2, 0.25) is 0 Å². The van der Waals surface area contributed by atoms with E-state index in [2.05, 4.69) is 30.4 Å². The number of rotatable bonds is 3. The fourth-order valence-corrected chi connectivity index (χ4v) is 3.23. The fraction of sp³-hybridized carbons (Fsp3) is 0.400. The van der Waals surface area contributed by atoms with E-state index in [1.165, 1.54) is 5.56 Å². The molecule has 0 spiro atoms. The van der Waals surface area contributed by atoms with E-state index >= 15 is 0 Å². The Bertz CT molecular complexity index is 496. The average Bonchev–Trinajstić information content (AvgIpc) is 2.98. The van der Waals surface area contributed by atoms with Crippen LogP contribution in [0.5, 0.6) is 0 Å². The molecule has 1 aliphatic heterocycles. The van der Waals surface area contributed by atoms with E-state index in [4.69, 9.17) is 0 Å². The molecule has 2 bridgehead atoms. The smallest absolute Gasteiger partial charge is 0.327 e. The molecule has 0 aromatic heterocycles.